The first-order valence-electron chi connectivity index (χ1n) is 7.42. The SMILES string of the molecule is C#CCNC(=NCC1(c2ccc(F)cc2)CCC1)NCC. The van der Waals surface area contributed by atoms with Crippen molar-refractivity contribution in [2.45, 2.75) is 31.6 Å². The lowest BCUT2D eigenvalue weighted by molar-refractivity contribution is 0.253. The van der Waals surface area contributed by atoms with Crippen molar-refractivity contribution in [1.82, 2.24) is 10.6 Å². The molecule has 2 N–H and O–H groups in total. The fourth-order valence-electron chi connectivity index (χ4n) is 2.65. The van der Waals surface area contributed by atoms with Crippen LogP contribution in [0.5, 0.6) is 0 Å². The summed E-state index contributed by atoms with van der Waals surface area (Å²) in [7, 11) is 0. The Balaban J connectivity index is 2.10. The molecule has 2 rings (SSSR count). The second-order valence-electron chi connectivity index (χ2n) is 5.39. The van der Waals surface area contributed by atoms with Gasteiger partial charge in [-0.15, -0.1) is 6.42 Å². The molecule has 1 aromatic carbocycles. The first-order chi connectivity index (χ1) is 10.2. The molecule has 1 saturated carbocycles. The van der Waals surface area contributed by atoms with Gasteiger partial charge < -0.3 is 10.6 Å². The first-order valence-corrected chi connectivity index (χ1v) is 7.42. The zero-order valence-corrected chi connectivity index (χ0v) is 12.5. The second-order valence-corrected chi connectivity index (χ2v) is 5.39. The molecule has 0 heterocycles. The van der Waals surface area contributed by atoms with Gasteiger partial charge in [0.15, 0.2) is 5.96 Å². The fraction of sp³-hybridized carbons (Fsp3) is 0.471. The number of aliphatic imine (C=N–C) groups is 1. The average Bonchev–Trinajstić information content (AvgIpc) is 2.45. The van der Waals surface area contributed by atoms with E-state index in [0.29, 0.717) is 13.1 Å². The summed E-state index contributed by atoms with van der Waals surface area (Å²) in [6.45, 7) is 3.96. The Kier molecular flexibility index (Phi) is 5.21. The molecule has 0 amide bonds. The molecule has 1 aliphatic rings. The van der Waals surface area contributed by atoms with Gasteiger partial charge in [-0.25, -0.2) is 4.39 Å². The maximum Gasteiger partial charge on any atom is 0.192 e. The molecular formula is C17H22FN3. The van der Waals surface area contributed by atoms with Crippen molar-refractivity contribution in [2.24, 2.45) is 4.99 Å². The van der Waals surface area contributed by atoms with Crippen LogP contribution in [0.4, 0.5) is 4.39 Å². The molecule has 0 atom stereocenters. The summed E-state index contributed by atoms with van der Waals surface area (Å²) in [6, 6.07) is 6.82. The van der Waals surface area contributed by atoms with Crippen LogP contribution in [0, 0.1) is 18.2 Å². The van der Waals surface area contributed by atoms with E-state index in [1.165, 1.54) is 24.1 Å². The summed E-state index contributed by atoms with van der Waals surface area (Å²) in [5.74, 6) is 3.09. The topological polar surface area (TPSA) is 36.4 Å². The highest BCUT2D eigenvalue weighted by Gasteiger charge is 2.38. The number of guanidine groups is 1. The highest BCUT2D eigenvalue weighted by Crippen LogP contribution is 2.43. The molecule has 1 aliphatic carbocycles. The molecule has 4 heteroatoms. The highest BCUT2D eigenvalue weighted by molar-refractivity contribution is 5.80. The molecule has 0 unspecified atom stereocenters. The zero-order valence-electron chi connectivity index (χ0n) is 12.5. The van der Waals surface area contributed by atoms with E-state index in [9.17, 15) is 4.39 Å². The molecular weight excluding hydrogens is 265 g/mol. The van der Waals surface area contributed by atoms with Crippen LogP contribution in [-0.4, -0.2) is 25.6 Å². The van der Waals surface area contributed by atoms with Crippen LogP contribution in [0.15, 0.2) is 29.3 Å². The van der Waals surface area contributed by atoms with Gasteiger partial charge in [0, 0.05) is 12.0 Å². The summed E-state index contributed by atoms with van der Waals surface area (Å²) in [5.41, 5.74) is 1.22. The van der Waals surface area contributed by atoms with E-state index < -0.39 is 0 Å². The van der Waals surface area contributed by atoms with Crippen molar-refractivity contribution in [2.75, 3.05) is 19.6 Å². The molecule has 0 radical (unpaired) electrons. The Bertz CT molecular complexity index is 524. The van der Waals surface area contributed by atoms with Crippen LogP contribution in [0.2, 0.25) is 0 Å². The molecule has 0 bridgehead atoms. The van der Waals surface area contributed by atoms with E-state index in [4.69, 9.17) is 6.42 Å². The maximum absolute atomic E-state index is 13.1. The van der Waals surface area contributed by atoms with E-state index >= 15 is 0 Å². The van der Waals surface area contributed by atoms with E-state index in [0.717, 1.165) is 25.3 Å². The maximum atomic E-state index is 13.1. The molecule has 0 aromatic heterocycles. The van der Waals surface area contributed by atoms with Crippen LogP contribution in [-0.2, 0) is 5.41 Å². The van der Waals surface area contributed by atoms with Gasteiger partial charge in [0.2, 0.25) is 0 Å². The minimum Gasteiger partial charge on any atom is -0.357 e. The number of hydrogen-bond acceptors (Lipinski definition) is 1. The lowest BCUT2D eigenvalue weighted by Crippen LogP contribution is -2.41. The van der Waals surface area contributed by atoms with Crippen LogP contribution < -0.4 is 10.6 Å². The first kappa shape index (κ1) is 15.4. The number of nitrogens with zero attached hydrogens (tertiary/aromatic N) is 1. The van der Waals surface area contributed by atoms with Gasteiger partial charge in [-0.2, -0.15) is 0 Å². The largest absolute Gasteiger partial charge is 0.357 e. The van der Waals surface area contributed by atoms with Gasteiger partial charge >= 0.3 is 0 Å². The van der Waals surface area contributed by atoms with E-state index in [2.05, 4.69) is 21.5 Å². The average molecular weight is 287 g/mol. The molecule has 3 nitrogen and oxygen atoms in total. The summed E-state index contributed by atoms with van der Waals surface area (Å²) in [6.07, 6.45) is 8.65. The summed E-state index contributed by atoms with van der Waals surface area (Å²) in [4.78, 5) is 4.65. The van der Waals surface area contributed by atoms with E-state index in [1.54, 1.807) is 0 Å². The Morgan fingerprint density at radius 1 is 1.33 bits per heavy atom. The third-order valence-electron chi connectivity index (χ3n) is 4.01. The molecule has 1 aromatic rings. The Morgan fingerprint density at radius 2 is 2.05 bits per heavy atom. The quantitative estimate of drug-likeness (QED) is 0.496. The molecule has 21 heavy (non-hydrogen) atoms. The Labute approximate surface area is 126 Å². The molecule has 0 aliphatic heterocycles. The number of terminal acetylenes is 1. The number of nitrogens with one attached hydrogen (secondary N) is 2. The normalized spacial score (nSPS) is 16.7. The van der Waals surface area contributed by atoms with Crippen molar-refractivity contribution >= 4 is 5.96 Å². The highest BCUT2D eigenvalue weighted by atomic mass is 19.1. The fourth-order valence-corrected chi connectivity index (χ4v) is 2.65. The van der Waals surface area contributed by atoms with E-state index in [-0.39, 0.29) is 11.2 Å². The van der Waals surface area contributed by atoms with Gasteiger partial charge in [0.05, 0.1) is 13.1 Å². The third-order valence-corrected chi connectivity index (χ3v) is 4.01. The molecule has 0 saturated heterocycles. The molecule has 0 spiro atoms. The molecule has 112 valence electrons. The lowest BCUT2D eigenvalue weighted by atomic mass is 9.64. The van der Waals surface area contributed by atoms with Gasteiger partial charge in [0.1, 0.15) is 5.82 Å². The second kappa shape index (κ2) is 7.12. The van der Waals surface area contributed by atoms with Crippen LogP contribution in [0.25, 0.3) is 0 Å². The van der Waals surface area contributed by atoms with Crippen LogP contribution >= 0.6 is 0 Å². The zero-order chi connectivity index (χ0) is 15.1. The predicted octanol–water partition coefficient (Wildman–Crippen LogP) is 2.44. The lowest BCUT2D eigenvalue weighted by Gasteiger charge is -2.41. The van der Waals surface area contributed by atoms with Crippen molar-refractivity contribution in [1.29, 1.82) is 0 Å². The standard InChI is InChI=1S/C17H22FN3/c1-3-12-20-16(19-4-2)21-13-17(10-5-11-17)14-6-8-15(18)9-7-14/h1,6-9H,4-5,10-13H2,2H3,(H2,19,20,21). The summed E-state index contributed by atoms with van der Waals surface area (Å²) >= 11 is 0. The minimum atomic E-state index is -0.194. The van der Waals surface area contributed by atoms with Crippen LogP contribution in [0.1, 0.15) is 31.7 Å². The summed E-state index contributed by atoms with van der Waals surface area (Å²) in [5, 5.41) is 6.28. The predicted molar refractivity (Wildman–Crippen MR) is 84.7 cm³/mol. The monoisotopic (exact) mass is 287 g/mol. The number of rotatable bonds is 5. The third kappa shape index (κ3) is 3.75. The smallest absolute Gasteiger partial charge is 0.192 e. The van der Waals surface area contributed by atoms with Crippen molar-refractivity contribution < 1.29 is 4.39 Å². The number of halogens is 1. The minimum absolute atomic E-state index is 0.0478. The van der Waals surface area contributed by atoms with Gasteiger partial charge in [-0.1, -0.05) is 24.5 Å². The molecule has 1 fully saturated rings. The van der Waals surface area contributed by atoms with Gasteiger partial charge in [0.25, 0.3) is 0 Å². The van der Waals surface area contributed by atoms with Crippen LogP contribution in [0.3, 0.4) is 0 Å². The van der Waals surface area contributed by atoms with Gasteiger partial charge in [-0.3, -0.25) is 4.99 Å². The van der Waals surface area contributed by atoms with Crippen molar-refractivity contribution in [3.8, 4) is 12.3 Å². The number of benzene rings is 1. The Morgan fingerprint density at radius 3 is 2.57 bits per heavy atom. The van der Waals surface area contributed by atoms with Gasteiger partial charge in [-0.05, 0) is 37.5 Å². The van der Waals surface area contributed by atoms with Crippen molar-refractivity contribution in [3.05, 3.63) is 35.6 Å². The Hall–Kier alpha value is -2.02. The summed E-state index contributed by atoms with van der Waals surface area (Å²) < 4.78 is 13.1. The van der Waals surface area contributed by atoms with Crippen molar-refractivity contribution in [3.63, 3.8) is 0 Å². The van der Waals surface area contributed by atoms with E-state index in [1.807, 2.05) is 19.1 Å². The number of hydrogen-bond donors (Lipinski definition) is 2.